The van der Waals surface area contributed by atoms with Gasteiger partial charge in [-0.15, -0.1) is 0 Å². The predicted octanol–water partition coefficient (Wildman–Crippen LogP) is 3.28. The van der Waals surface area contributed by atoms with Crippen molar-refractivity contribution in [3.63, 3.8) is 0 Å². The minimum Gasteiger partial charge on any atom is -0.367 e. The molecule has 3 nitrogen and oxygen atoms in total. The number of halogens is 1. The first-order valence-electron chi connectivity index (χ1n) is 5.30. The van der Waals surface area contributed by atoms with E-state index in [1.54, 1.807) is 6.20 Å². The Balaban J connectivity index is 2.75. The van der Waals surface area contributed by atoms with Gasteiger partial charge in [0.25, 0.3) is 0 Å². The van der Waals surface area contributed by atoms with Gasteiger partial charge in [0.1, 0.15) is 5.82 Å². The molecule has 1 aromatic heterocycles. The molecule has 0 saturated heterocycles. The van der Waals surface area contributed by atoms with Crippen molar-refractivity contribution in [2.45, 2.75) is 40.2 Å². The van der Waals surface area contributed by atoms with E-state index in [4.69, 9.17) is 11.6 Å². The molecule has 84 valence electrons. The molecule has 1 rings (SSSR count). The van der Waals surface area contributed by atoms with Gasteiger partial charge in [0.2, 0.25) is 5.28 Å². The van der Waals surface area contributed by atoms with E-state index in [1.165, 1.54) is 0 Å². The van der Waals surface area contributed by atoms with Crippen molar-refractivity contribution in [1.29, 1.82) is 0 Å². The number of nitrogens with zero attached hydrogens (tertiary/aromatic N) is 2. The van der Waals surface area contributed by atoms with Crippen molar-refractivity contribution in [1.82, 2.24) is 9.97 Å². The Morgan fingerprint density at radius 2 is 2.13 bits per heavy atom. The van der Waals surface area contributed by atoms with Crippen LogP contribution in [0, 0.1) is 12.8 Å². The quantitative estimate of drug-likeness (QED) is 0.803. The maximum atomic E-state index is 5.75. The van der Waals surface area contributed by atoms with E-state index >= 15 is 0 Å². The van der Waals surface area contributed by atoms with Gasteiger partial charge in [-0.1, -0.05) is 20.3 Å². The molecule has 0 amide bonds. The highest BCUT2D eigenvalue weighted by Crippen LogP contribution is 2.17. The van der Waals surface area contributed by atoms with Crippen LogP contribution in [0.2, 0.25) is 5.28 Å². The summed E-state index contributed by atoms with van der Waals surface area (Å²) in [5, 5.41) is 3.66. The summed E-state index contributed by atoms with van der Waals surface area (Å²) in [6.45, 7) is 8.53. The zero-order valence-electron chi connectivity index (χ0n) is 9.71. The van der Waals surface area contributed by atoms with Gasteiger partial charge in [-0.3, -0.25) is 0 Å². The second-order valence-electron chi connectivity index (χ2n) is 3.99. The molecule has 0 aliphatic heterocycles. The van der Waals surface area contributed by atoms with Crippen LogP contribution >= 0.6 is 11.6 Å². The van der Waals surface area contributed by atoms with Crippen LogP contribution in [0.1, 0.15) is 32.8 Å². The topological polar surface area (TPSA) is 37.8 Å². The minimum atomic E-state index is 0.291. The van der Waals surface area contributed by atoms with Crippen molar-refractivity contribution >= 4 is 17.4 Å². The van der Waals surface area contributed by atoms with Gasteiger partial charge in [0, 0.05) is 17.8 Å². The minimum absolute atomic E-state index is 0.291. The summed E-state index contributed by atoms with van der Waals surface area (Å²) < 4.78 is 0. The number of hydrogen-bond acceptors (Lipinski definition) is 3. The first-order valence-corrected chi connectivity index (χ1v) is 5.68. The fourth-order valence-electron chi connectivity index (χ4n) is 1.28. The van der Waals surface area contributed by atoms with E-state index < -0.39 is 0 Å². The molecule has 0 bridgehead atoms. The summed E-state index contributed by atoms with van der Waals surface area (Å²) in [5.74, 6) is 1.45. The smallest absolute Gasteiger partial charge is 0.224 e. The molecular weight excluding hydrogens is 210 g/mol. The number of aryl methyl sites for hydroxylation is 1. The van der Waals surface area contributed by atoms with Gasteiger partial charge < -0.3 is 5.32 Å². The van der Waals surface area contributed by atoms with E-state index in [-0.39, 0.29) is 0 Å². The van der Waals surface area contributed by atoms with Crippen LogP contribution in [-0.4, -0.2) is 16.0 Å². The number of rotatable bonds is 4. The maximum absolute atomic E-state index is 5.75. The van der Waals surface area contributed by atoms with Crippen LogP contribution in [0.5, 0.6) is 0 Å². The van der Waals surface area contributed by atoms with E-state index in [1.807, 2.05) is 6.92 Å². The van der Waals surface area contributed by atoms with Crippen molar-refractivity contribution in [3.8, 4) is 0 Å². The summed E-state index contributed by atoms with van der Waals surface area (Å²) in [7, 11) is 0. The van der Waals surface area contributed by atoms with Crippen molar-refractivity contribution < 1.29 is 0 Å². The van der Waals surface area contributed by atoms with Crippen LogP contribution in [0.15, 0.2) is 6.20 Å². The molecule has 15 heavy (non-hydrogen) atoms. The molecule has 0 aliphatic carbocycles. The van der Waals surface area contributed by atoms with Crippen molar-refractivity contribution in [3.05, 3.63) is 17.0 Å². The zero-order chi connectivity index (χ0) is 11.4. The molecule has 0 saturated carbocycles. The Hall–Kier alpha value is -0.830. The lowest BCUT2D eigenvalue weighted by Gasteiger charge is -2.21. The third kappa shape index (κ3) is 3.34. The van der Waals surface area contributed by atoms with E-state index in [2.05, 4.69) is 36.1 Å². The molecule has 0 aromatic carbocycles. The molecule has 2 unspecified atom stereocenters. The van der Waals surface area contributed by atoms with Crippen LogP contribution in [0.25, 0.3) is 0 Å². The molecule has 1 aromatic rings. The third-order valence-electron chi connectivity index (χ3n) is 2.80. The highest BCUT2D eigenvalue weighted by atomic mass is 35.5. The Kier molecular flexibility index (Phi) is 4.33. The average Bonchev–Trinajstić information content (AvgIpc) is 2.22. The molecule has 0 aliphatic rings. The van der Waals surface area contributed by atoms with Gasteiger partial charge in [-0.2, -0.15) is 0 Å². The van der Waals surface area contributed by atoms with Gasteiger partial charge in [-0.05, 0) is 31.4 Å². The fraction of sp³-hybridized carbons (Fsp3) is 0.636. The monoisotopic (exact) mass is 227 g/mol. The van der Waals surface area contributed by atoms with Gasteiger partial charge in [0.15, 0.2) is 0 Å². The van der Waals surface area contributed by atoms with Gasteiger partial charge >= 0.3 is 0 Å². The largest absolute Gasteiger partial charge is 0.367 e. The summed E-state index contributed by atoms with van der Waals surface area (Å²) >= 11 is 5.75. The SMILES string of the molecule is CCC(C)C(C)Nc1nc(Cl)ncc1C. The molecule has 0 spiro atoms. The predicted molar refractivity (Wildman–Crippen MR) is 64.3 cm³/mol. The molecule has 2 atom stereocenters. The Morgan fingerprint density at radius 3 is 2.73 bits per heavy atom. The van der Waals surface area contributed by atoms with Crippen LogP contribution < -0.4 is 5.32 Å². The number of anilines is 1. The van der Waals surface area contributed by atoms with E-state index in [0.29, 0.717) is 17.2 Å². The lowest BCUT2D eigenvalue weighted by atomic mass is 10.0. The summed E-state index contributed by atoms with van der Waals surface area (Å²) in [4.78, 5) is 8.10. The molecule has 4 heteroatoms. The lowest BCUT2D eigenvalue weighted by molar-refractivity contribution is 0.493. The Labute approximate surface area is 96.3 Å². The number of hydrogen-bond donors (Lipinski definition) is 1. The number of aromatic nitrogens is 2. The number of nitrogens with one attached hydrogen (secondary N) is 1. The van der Waals surface area contributed by atoms with Crippen LogP contribution in [-0.2, 0) is 0 Å². The molecular formula is C11H18ClN3. The highest BCUT2D eigenvalue weighted by Gasteiger charge is 2.12. The first kappa shape index (κ1) is 12.2. The summed E-state index contributed by atoms with van der Waals surface area (Å²) in [6, 6.07) is 0.389. The average molecular weight is 228 g/mol. The van der Waals surface area contributed by atoms with E-state index in [0.717, 1.165) is 17.8 Å². The first-order chi connectivity index (χ1) is 7.04. The van der Waals surface area contributed by atoms with Gasteiger partial charge in [-0.25, -0.2) is 9.97 Å². The lowest BCUT2D eigenvalue weighted by Crippen LogP contribution is -2.24. The molecule has 1 heterocycles. The Morgan fingerprint density at radius 1 is 1.47 bits per heavy atom. The van der Waals surface area contributed by atoms with Crippen molar-refractivity contribution in [2.24, 2.45) is 5.92 Å². The van der Waals surface area contributed by atoms with Crippen LogP contribution in [0.4, 0.5) is 5.82 Å². The Bertz CT molecular complexity index is 328. The van der Waals surface area contributed by atoms with Gasteiger partial charge in [0.05, 0.1) is 0 Å². The molecule has 0 radical (unpaired) electrons. The maximum Gasteiger partial charge on any atom is 0.224 e. The standard InChI is InChI=1S/C11H18ClN3/c1-5-7(2)9(4)14-10-8(3)6-13-11(12)15-10/h6-7,9H,5H2,1-4H3,(H,13,14,15). The highest BCUT2D eigenvalue weighted by molar-refractivity contribution is 6.28. The fourth-order valence-corrected chi connectivity index (χ4v) is 1.41. The zero-order valence-corrected chi connectivity index (χ0v) is 10.5. The third-order valence-corrected chi connectivity index (χ3v) is 2.99. The normalized spacial score (nSPS) is 14.7. The summed E-state index contributed by atoms with van der Waals surface area (Å²) in [6.07, 6.45) is 2.88. The molecule has 0 fully saturated rings. The van der Waals surface area contributed by atoms with Crippen LogP contribution in [0.3, 0.4) is 0 Å². The second kappa shape index (κ2) is 5.31. The summed E-state index contributed by atoms with van der Waals surface area (Å²) in [5.41, 5.74) is 1.02. The van der Waals surface area contributed by atoms with Crippen molar-refractivity contribution in [2.75, 3.05) is 5.32 Å². The second-order valence-corrected chi connectivity index (χ2v) is 4.33. The molecule has 1 N–H and O–H groups in total. The van der Waals surface area contributed by atoms with E-state index in [9.17, 15) is 0 Å².